The summed E-state index contributed by atoms with van der Waals surface area (Å²) in [4.78, 5) is 3.68. The Morgan fingerprint density at radius 2 is 2.21 bits per heavy atom. The second-order valence-electron chi connectivity index (χ2n) is 4.19. The van der Waals surface area contributed by atoms with Gasteiger partial charge in [-0.3, -0.25) is 4.99 Å². The summed E-state index contributed by atoms with van der Waals surface area (Å²) in [6, 6.07) is 0. The Morgan fingerprint density at radius 1 is 1.47 bits per heavy atom. The van der Waals surface area contributed by atoms with Crippen molar-refractivity contribution >= 4 is 40.0 Å². The minimum Gasteiger partial charge on any atom is -0.377 e. The van der Waals surface area contributed by atoms with E-state index in [1.165, 1.54) is 7.05 Å². The number of aliphatic imine (C=N–C) groups is 1. The Bertz CT molecular complexity index is 369. The van der Waals surface area contributed by atoms with E-state index in [4.69, 9.17) is 10.5 Å². The Kier molecular flexibility index (Phi) is 9.66. The molecule has 1 saturated heterocycles. The van der Waals surface area contributed by atoms with Crippen molar-refractivity contribution in [2.75, 3.05) is 32.5 Å². The lowest BCUT2D eigenvalue weighted by molar-refractivity contribution is 0.0200. The summed E-state index contributed by atoms with van der Waals surface area (Å²) in [5.41, 5.74) is 5.40. The van der Waals surface area contributed by atoms with Crippen LogP contribution in [0.2, 0.25) is 0 Å². The summed E-state index contributed by atoms with van der Waals surface area (Å²) < 4.78 is 31.3. The number of nitrogens with zero attached hydrogens (tertiary/aromatic N) is 1. The van der Waals surface area contributed by atoms with Crippen LogP contribution in [0.5, 0.6) is 0 Å². The van der Waals surface area contributed by atoms with Crippen LogP contribution in [-0.2, 0) is 14.8 Å². The van der Waals surface area contributed by atoms with Crippen LogP contribution in [0.15, 0.2) is 4.99 Å². The molecule has 1 fully saturated rings. The smallest absolute Gasteiger partial charge is 0.213 e. The molecule has 0 aromatic rings. The van der Waals surface area contributed by atoms with Crippen LogP contribution < -0.4 is 15.8 Å². The number of ether oxygens (including phenoxy) is 1. The first-order chi connectivity index (χ1) is 8.53. The van der Waals surface area contributed by atoms with E-state index in [-0.39, 0.29) is 48.3 Å². The normalized spacial score (nSPS) is 20.7. The summed E-state index contributed by atoms with van der Waals surface area (Å²) in [5, 5.41) is 2.70. The van der Waals surface area contributed by atoms with E-state index in [0.717, 1.165) is 25.9 Å². The van der Waals surface area contributed by atoms with Crippen molar-refractivity contribution in [2.24, 2.45) is 10.7 Å². The van der Waals surface area contributed by atoms with Gasteiger partial charge in [0.05, 0.1) is 11.9 Å². The SMILES string of the molecule is CN=C(N)NCCS(=O)(=O)NCC1CCCCO1.I. The van der Waals surface area contributed by atoms with Crippen molar-refractivity contribution in [3.05, 3.63) is 0 Å². The van der Waals surface area contributed by atoms with Crippen molar-refractivity contribution in [1.29, 1.82) is 0 Å². The van der Waals surface area contributed by atoms with Crippen LogP contribution in [0, 0.1) is 0 Å². The van der Waals surface area contributed by atoms with Gasteiger partial charge < -0.3 is 15.8 Å². The number of nitrogens with two attached hydrogens (primary N) is 1. The molecule has 0 aromatic heterocycles. The summed E-state index contributed by atoms with van der Waals surface area (Å²) in [5.74, 6) is 0.205. The summed E-state index contributed by atoms with van der Waals surface area (Å²) in [7, 11) is -1.75. The van der Waals surface area contributed by atoms with E-state index in [9.17, 15) is 8.42 Å². The van der Waals surface area contributed by atoms with Gasteiger partial charge in [0.1, 0.15) is 0 Å². The molecular weight excluding hydrogens is 383 g/mol. The molecule has 0 aliphatic carbocycles. The summed E-state index contributed by atoms with van der Waals surface area (Å²) in [6.07, 6.45) is 3.07. The second kappa shape index (κ2) is 9.72. The van der Waals surface area contributed by atoms with Gasteiger partial charge in [-0.05, 0) is 19.3 Å². The third-order valence-electron chi connectivity index (χ3n) is 2.72. The van der Waals surface area contributed by atoms with Crippen LogP contribution >= 0.6 is 24.0 Å². The van der Waals surface area contributed by atoms with Gasteiger partial charge in [-0.1, -0.05) is 0 Å². The number of hydrogen-bond donors (Lipinski definition) is 3. The highest BCUT2D eigenvalue weighted by Crippen LogP contribution is 2.11. The molecule has 9 heteroatoms. The molecule has 1 heterocycles. The average Bonchev–Trinajstić information content (AvgIpc) is 2.37. The molecule has 7 nitrogen and oxygen atoms in total. The van der Waals surface area contributed by atoms with Gasteiger partial charge in [-0.15, -0.1) is 24.0 Å². The first-order valence-corrected chi connectivity index (χ1v) is 7.74. The van der Waals surface area contributed by atoms with Crippen LogP contribution in [-0.4, -0.2) is 53.0 Å². The molecule has 0 aromatic carbocycles. The molecule has 0 saturated carbocycles. The first kappa shape index (κ1) is 18.9. The Labute approximate surface area is 131 Å². The maximum Gasteiger partial charge on any atom is 0.213 e. The molecule has 1 aliphatic rings. The van der Waals surface area contributed by atoms with E-state index in [1.54, 1.807) is 0 Å². The van der Waals surface area contributed by atoms with E-state index >= 15 is 0 Å². The maximum atomic E-state index is 11.7. The lowest BCUT2D eigenvalue weighted by Crippen LogP contribution is -2.40. The number of nitrogens with one attached hydrogen (secondary N) is 2. The van der Waals surface area contributed by atoms with Crippen molar-refractivity contribution < 1.29 is 13.2 Å². The van der Waals surface area contributed by atoms with Gasteiger partial charge in [0.25, 0.3) is 0 Å². The number of sulfonamides is 1. The number of hydrogen-bond acceptors (Lipinski definition) is 4. The number of halogens is 1. The monoisotopic (exact) mass is 406 g/mol. The fraction of sp³-hybridized carbons (Fsp3) is 0.900. The van der Waals surface area contributed by atoms with Gasteiger partial charge in [0, 0.05) is 26.7 Å². The fourth-order valence-corrected chi connectivity index (χ4v) is 2.61. The van der Waals surface area contributed by atoms with E-state index < -0.39 is 10.0 Å². The van der Waals surface area contributed by atoms with Crippen molar-refractivity contribution in [2.45, 2.75) is 25.4 Å². The van der Waals surface area contributed by atoms with Gasteiger partial charge in [-0.25, -0.2) is 13.1 Å². The number of rotatable bonds is 6. The predicted molar refractivity (Wildman–Crippen MR) is 86.3 cm³/mol. The topological polar surface area (TPSA) is 106 Å². The van der Waals surface area contributed by atoms with Gasteiger partial charge in [0.2, 0.25) is 10.0 Å². The van der Waals surface area contributed by atoms with Crippen LogP contribution in [0.1, 0.15) is 19.3 Å². The van der Waals surface area contributed by atoms with Crippen LogP contribution in [0.3, 0.4) is 0 Å². The van der Waals surface area contributed by atoms with E-state index in [2.05, 4.69) is 15.0 Å². The largest absolute Gasteiger partial charge is 0.377 e. The maximum absolute atomic E-state index is 11.7. The van der Waals surface area contributed by atoms with Crippen molar-refractivity contribution in [3.63, 3.8) is 0 Å². The molecule has 1 atom stereocenters. The van der Waals surface area contributed by atoms with Gasteiger partial charge >= 0.3 is 0 Å². The average molecular weight is 406 g/mol. The molecule has 0 radical (unpaired) electrons. The zero-order valence-corrected chi connectivity index (χ0v) is 14.2. The molecule has 0 spiro atoms. The highest BCUT2D eigenvalue weighted by Gasteiger charge is 2.17. The fourth-order valence-electron chi connectivity index (χ4n) is 1.65. The standard InChI is InChI=1S/C10H22N4O3S.HI/c1-12-10(11)13-5-7-18(15,16)14-8-9-4-2-3-6-17-9;/h9,14H,2-8H2,1H3,(H3,11,12,13);1H. The predicted octanol–water partition coefficient (Wildman–Crippen LogP) is -0.373. The van der Waals surface area contributed by atoms with Crippen molar-refractivity contribution in [1.82, 2.24) is 10.0 Å². The zero-order valence-electron chi connectivity index (χ0n) is 11.1. The highest BCUT2D eigenvalue weighted by molar-refractivity contribution is 14.0. The van der Waals surface area contributed by atoms with Crippen molar-refractivity contribution in [3.8, 4) is 0 Å². The minimum absolute atomic E-state index is 0. The van der Waals surface area contributed by atoms with E-state index in [0.29, 0.717) is 6.54 Å². The molecule has 0 bridgehead atoms. The molecule has 1 rings (SSSR count). The Morgan fingerprint density at radius 3 is 2.79 bits per heavy atom. The third kappa shape index (κ3) is 8.60. The first-order valence-electron chi connectivity index (χ1n) is 6.08. The minimum atomic E-state index is -3.29. The Hall–Kier alpha value is -0.130. The molecular formula is C10H23IN4O3S. The van der Waals surface area contributed by atoms with E-state index in [1.807, 2.05) is 0 Å². The molecule has 0 amide bonds. The molecule has 1 aliphatic heterocycles. The molecule has 19 heavy (non-hydrogen) atoms. The molecule has 114 valence electrons. The quantitative estimate of drug-likeness (QED) is 0.317. The lowest BCUT2D eigenvalue weighted by Gasteiger charge is -2.22. The van der Waals surface area contributed by atoms with Crippen LogP contribution in [0.25, 0.3) is 0 Å². The second-order valence-corrected chi connectivity index (χ2v) is 6.12. The summed E-state index contributed by atoms with van der Waals surface area (Å²) in [6.45, 7) is 1.31. The highest BCUT2D eigenvalue weighted by atomic mass is 127. The molecule has 4 N–H and O–H groups in total. The lowest BCUT2D eigenvalue weighted by atomic mass is 10.1. The third-order valence-corrected chi connectivity index (χ3v) is 4.07. The Balaban J connectivity index is 0.00000324. The number of guanidine groups is 1. The summed E-state index contributed by atoms with van der Waals surface area (Å²) >= 11 is 0. The molecule has 1 unspecified atom stereocenters. The van der Waals surface area contributed by atoms with Gasteiger partial charge in [-0.2, -0.15) is 0 Å². The zero-order chi connectivity index (χ0) is 13.4. The van der Waals surface area contributed by atoms with Crippen LogP contribution in [0.4, 0.5) is 0 Å². The van der Waals surface area contributed by atoms with Gasteiger partial charge in [0.15, 0.2) is 5.96 Å².